The van der Waals surface area contributed by atoms with Crippen LogP contribution < -0.4 is 5.32 Å². The third-order valence-electron chi connectivity index (χ3n) is 3.50. The average Bonchev–Trinajstić information content (AvgIpc) is 3.01. The fourth-order valence-electron chi connectivity index (χ4n) is 2.21. The molecule has 1 saturated carbocycles. The van der Waals surface area contributed by atoms with Gasteiger partial charge in [0.1, 0.15) is 5.54 Å². The largest absolute Gasteiger partial charge is 0.468 e. The lowest BCUT2D eigenvalue weighted by Crippen LogP contribution is -2.54. The maximum Gasteiger partial charge on any atom is 0.328 e. The van der Waals surface area contributed by atoms with E-state index in [4.69, 9.17) is 14.2 Å². The van der Waals surface area contributed by atoms with Gasteiger partial charge in [-0.3, -0.25) is 5.32 Å². The Labute approximate surface area is 108 Å². The zero-order chi connectivity index (χ0) is 13.0. The molecule has 2 atom stereocenters. The zero-order valence-electron chi connectivity index (χ0n) is 11.2. The van der Waals surface area contributed by atoms with E-state index in [1.165, 1.54) is 7.11 Å². The monoisotopic (exact) mass is 257 g/mol. The summed E-state index contributed by atoms with van der Waals surface area (Å²) >= 11 is 0. The molecule has 1 aliphatic heterocycles. The minimum Gasteiger partial charge on any atom is -0.468 e. The Morgan fingerprint density at radius 1 is 1.44 bits per heavy atom. The van der Waals surface area contributed by atoms with Crippen LogP contribution in [0.2, 0.25) is 0 Å². The topological polar surface area (TPSA) is 56.8 Å². The molecule has 0 aromatic rings. The van der Waals surface area contributed by atoms with Crippen LogP contribution in [0.3, 0.4) is 0 Å². The number of rotatable bonds is 7. The first kappa shape index (κ1) is 13.8. The molecule has 5 heteroatoms. The highest BCUT2D eigenvalue weighted by Gasteiger charge is 2.39. The normalized spacial score (nSPS) is 26.9. The Morgan fingerprint density at radius 2 is 2.22 bits per heavy atom. The van der Waals surface area contributed by atoms with Crippen LogP contribution in [0.15, 0.2) is 0 Å². The highest BCUT2D eigenvalue weighted by molar-refractivity contribution is 5.80. The van der Waals surface area contributed by atoms with Crippen molar-refractivity contribution in [3.8, 4) is 0 Å². The molecule has 2 unspecified atom stereocenters. The summed E-state index contributed by atoms with van der Waals surface area (Å²) in [4.78, 5) is 11.8. The lowest BCUT2D eigenvalue weighted by molar-refractivity contribution is -0.151. The SMILES string of the molecule is COC(=O)C(C)(COCC1CCOC1)NC1CC1. The van der Waals surface area contributed by atoms with Gasteiger partial charge in [0, 0.05) is 18.6 Å². The zero-order valence-corrected chi connectivity index (χ0v) is 11.2. The second kappa shape index (κ2) is 5.99. The van der Waals surface area contributed by atoms with Gasteiger partial charge in [0.15, 0.2) is 0 Å². The highest BCUT2D eigenvalue weighted by Crippen LogP contribution is 2.23. The number of hydrogen-bond donors (Lipinski definition) is 1. The van der Waals surface area contributed by atoms with Crippen molar-refractivity contribution in [1.29, 1.82) is 0 Å². The van der Waals surface area contributed by atoms with Crippen molar-refractivity contribution in [1.82, 2.24) is 5.32 Å². The summed E-state index contributed by atoms with van der Waals surface area (Å²) in [6.07, 6.45) is 3.30. The van der Waals surface area contributed by atoms with Crippen LogP contribution in [0.5, 0.6) is 0 Å². The molecule has 2 aliphatic rings. The molecule has 1 N–H and O–H groups in total. The van der Waals surface area contributed by atoms with Crippen LogP contribution in [0, 0.1) is 5.92 Å². The number of hydrogen-bond acceptors (Lipinski definition) is 5. The van der Waals surface area contributed by atoms with E-state index < -0.39 is 5.54 Å². The molecule has 0 radical (unpaired) electrons. The quantitative estimate of drug-likeness (QED) is 0.681. The van der Waals surface area contributed by atoms with E-state index in [9.17, 15) is 4.79 Å². The molecule has 2 fully saturated rings. The van der Waals surface area contributed by atoms with Gasteiger partial charge in [0.2, 0.25) is 0 Å². The van der Waals surface area contributed by atoms with E-state index in [0.717, 1.165) is 32.5 Å². The molecule has 0 aromatic carbocycles. The minimum absolute atomic E-state index is 0.253. The number of ether oxygens (including phenoxy) is 3. The van der Waals surface area contributed by atoms with Crippen molar-refractivity contribution in [2.75, 3.05) is 33.5 Å². The third-order valence-corrected chi connectivity index (χ3v) is 3.50. The van der Waals surface area contributed by atoms with Gasteiger partial charge in [-0.2, -0.15) is 0 Å². The molecular formula is C13H23NO4. The van der Waals surface area contributed by atoms with Crippen molar-refractivity contribution < 1.29 is 19.0 Å². The molecule has 2 rings (SSSR count). The molecule has 5 nitrogen and oxygen atoms in total. The van der Waals surface area contributed by atoms with E-state index in [0.29, 0.717) is 25.2 Å². The molecule has 0 aromatic heterocycles. The van der Waals surface area contributed by atoms with Crippen LogP contribution in [0.4, 0.5) is 0 Å². The average molecular weight is 257 g/mol. The highest BCUT2D eigenvalue weighted by atomic mass is 16.5. The van der Waals surface area contributed by atoms with Crippen LogP contribution in [0.25, 0.3) is 0 Å². The van der Waals surface area contributed by atoms with Gasteiger partial charge >= 0.3 is 5.97 Å². The molecule has 0 spiro atoms. The summed E-state index contributed by atoms with van der Waals surface area (Å²) in [5.74, 6) is 0.213. The lowest BCUT2D eigenvalue weighted by Gasteiger charge is -2.28. The summed E-state index contributed by atoms with van der Waals surface area (Å²) in [5, 5.41) is 3.31. The molecule has 1 saturated heterocycles. The number of esters is 1. The molecule has 0 amide bonds. The number of carbonyl (C=O) groups excluding carboxylic acids is 1. The fraction of sp³-hybridized carbons (Fsp3) is 0.923. The molecule has 104 valence electrons. The second-order valence-corrected chi connectivity index (χ2v) is 5.49. The first-order chi connectivity index (χ1) is 8.64. The Hall–Kier alpha value is -0.650. The summed E-state index contributed by atoms with van der Waals surface area (Å²) in [6.45, 7) is 4.45. The number of methoxy groups -OCH3 is 1. The predicted molar refractivity (Wildman–Crippen MR) is 66.3 cm³/mol. The Kier molecular flexibility index (Phi) is 4.59. The Bertz CT molecular complexity index is 287. The van der Waals surface area contributed by atoms with Crippen molar-refractivity contribution in [2.45, 2.75) is 37.8 Å². The van der Waals surface area contributed by atoms with E-state index in [2.05, 4.69) is 5.32 Å². The minimum atomic E-state index is -0.727. The number of carbonyl (C=O) groups is 1. The maximum atomic E-state index is 11.8. The summed E-state index contributed by atoms with van der Waals surface area (Å²) in [6, 6.07) is 0.438. The van der Waals surface area contributed by atoms with Gasteiger partial charge in [-0.15, -0.1) is 0 Å². The first-order valence-electron chi connectivity index (χ1n) is 6.65. The molecule has 1 aliphatic carbocycles. The van der Waals surface area contributed by atoms with Crippen LogP contribution in [-0.2, 0) is 19.0 Å². The first-order valence-corrected chi connectivity index (χ1v) is 6.65. The smallest absolute Gasteiger partial charge is 0.328 e. The fourth-order valence-corrected chi connectivity index (χ4v) is 2.21. The summed E-state index contributed by atoms with van der Waals surface area (Å²) < 4.78 is 15.8. The Balaban J connectivity index is 1.78. The van der Waals surface area contributed by atoms with E-state index >= 15 is 0 Å². The summed E-state index contributed by atoms with van der Waals surface area (Å²) in [5.41, 5.74) is -0.727. The van der Waals surface area contributed by atoms with Gasteiger partial charge in [-0.25, -0.2) is 4.79 Å². The Morgan fingerprint density at radius 3 is 2.78 bits per heavy atom. The van der Waals surface area contributed by atoms with Crippen molar-refractivity contribution in [3.63, 3.8) is 0 Å². The molecule has 18 heavy (non-hydrogen) atoms. The van der Waals surface area contributed by atoms with Gasteiger partial charge in [-0.1, -0.05) is 0 Å². The molecule has 0 bridgehead atoms. The molecule has 1 heterocycles. The van der Waals surface area contributed by atoms with Crippen molar-refractivity contribution in [3.05, 3.63) is 0 Å². The number of nitrogens with one attached hydrogen (secondary N) is 1. The van der Waals surface area contributed by atoms with E-state index in [-0.39, 0.29) is 5.97 Å². The van der Waals surface area contributed by atoms with Gasteiger partial charge in [0.05, 0.1) is 26.9 Å². The van der Waals surface area contributed by atoms with Gasteiger partial charge in [-0.05, 0) is 26.2 Å². The van der Waals surface area contributed by atoms with E-state index in [1.54, 1.807) is 0 Å². The third kappa shape index (κ3) is 3.67. The van der Waals surface area contributed by atoms with Crippen LogP contribution in [-0.4, -0.2) is 51.1 Å². The van der Waals surface area contributed by atoms with Gasteiger partial charge < -0.3 is 14.2 Å². The van der Waals surface area contributed by atoms with Gasteiger partial charge in [0.25, 0.3) is 0 Å². The molecular weight excluding hydrogens is 234 g/mol. The summed E-state index contributed by atoms with van der Waals surface area (Å²) in [7, 11) is 1.42. The maximum absolute atomic E-state index is 11.8. The standard InChI is InChI=1S/C13H23NO4/c1-13(12(15)16-2,14-11-3-4-11)9-18-8-10-5-6-17-7-10/h10-11,14H,3-9H2,1-2H3. The van der Waals surface area contributed by atoms with E-state index in [1.807, 2.05) is 6.92 Å². The lowest BCUT2D eigenvalue weighted by atomic mass is 10.0. The second-order valence-electron chi connectivity index (χ2n) is 5.49. The predicted octanol–water partition coefficient (Wildman–Crippen LogP) is 0.723. The van der Waals surface area contributed by atoms with Crippen LogP contribution in [0.1, 0.15) is 26.2 Å². The van der Waals surface area contributed by atoms with Crippen molar-refractivity contribution in [2.24, 2.45) is 5.92 Å². The van der Waals surface area contributed by atoms with Crippen LogP contribution >= 0.6 is 0 Å². The van der Waals surface area contributed by atoms with Crippen molar-refractivity contribution >= 4 is 5.97 Å².